The van der Waals surface area contributed by atoms with Crippen molar-refractivity contribution in [1.82, 2.24) is 9.88 Å². The van der Waals surface area contributed by atoms with Gasteiger partial charge in [-0.05, 0) is 36.8 Å². The maximum Gasteiger partial charge on any atom is 0.256 e. The molecule has 0 bridgehead atoms. The van der Waals surface area contributed by atoms with Crippen molar-refractivity contribution < 1.29 is 14.3 Å². The summed E-state index contributed by atoms with van der Waals surface area (Å²) in [6.45, 7) is 3.91. The van der Waals surface area contributed by atoms with Gasteiger partial charge in [0.2, 0.25) is 0 Å². The Labute approximate surface area is 134 Å². The van der Waals surface area contributed by atoms with Gasteiger partial charge in [0.1, 0.15) is 0 Å². The van der Waals surface area contributed by atoms with Crippen molar-refractivity contribution in [3.05, 3.63) is 53.3 Å². The summed E-state index contributed by atoms with van der Waals surface area (Å²) in [7, 11) is 0. The molecule has 0 aliphatic carbocycles. The first-order chi connectivity index (χ1) is 11.2. The Balaban J connectivity index is 1.62. The zero-order chi connectivity index (χ0) is 15.8. The van der Waals surface area contributed by atoms with Gasteiger partial charge in [0.15, 0.2) is 11.5 Å². The van der Waals surface area contributed by atoms with Gasteiger partial charge in [-0.25, -0.2) is 0 Å². The maximum atomic E-state index is 12.6. The predicted molar refractivity (Wildman–Crippen MR) is 84.6 cm³/mol. The Hall–Kier alpha value is -2.56. The van der Waals surface area contributed by atoms with Crippen LogP contribution in [0.3, 0.4) is 0 Å². The molecular formula is C18H18N2O3. The van der Waals surface area contributed by atoms with Crippen LogP contribution in [0.15, 0.2) is 36.5 Å². The van der Waals surface area contributed by atoms with Crippen molar-refractivity contribution >= 4 is 5.91 Å². The Morgan fingerprint density at radius 2 is 2.00 bits per heavy atom. The summed E-state index contributed by atoms with van der Waals surface area (Å²) in [5.41, 5.74) is 2.59. The molecule has 23 heavy (non-hydrogen) atoms. The summed E-state index contributed by atoms with van der Waals surface area (Å²) in [5.74, 6) is 1.57. The summed E-state index contributed by atoms with van der Waals surface area (Å²) in [6, 6.07) is 9.51. The van der Waals surface area contributed by atoms with Crippen molar-refractivity contribution in [3.8, 4) is 11.5 Å². The van der Waals surface area contributed by atoms with Gasteiger partial charge in [0, 0.05) is 12.6 Å². The van der Waals surface area contributed by atoms with Crippen LogP contribution < -0.4 is 9.47 Å². The number of nitrogens with zero attached hydrogens (tertiary/aromatic N) is 2. The molecule has 3 heterocycles. The molecular weight excluding hydrogens is 292 g/mol. The molecule has 0 unspecified atom stereocenters. The average molecular weight is 310 g/mol. The molecule has 0 radical (unpaired) electrons. The number of carbonyl (C=O) groups excluding carboxylic acids is 1. The van der Waals surface area contributed by atoms with Crippen LogP contribution >= 0.6 is 0 Å². The fourth-order valence-corrected chi connectivity index (χ4v) is 3.08. The number of hydrogen-bond donors (Lipinski definition) is 0. The molecule has 0 saturated heterocycles. The smallest absolute Gasteiger partial charge is 0.256 e. The summed E-state index contributed by atoms with van der Waals surface area (Å²) >= 11 is 0. The SMILES string of the molecule is C[C@@H](c1ccc2c(c1)OCCCO2)N1Cc2ncccc2C1=O. The quantitative estimate of drug-likeness (QED) is 0.856. The van der Waals surface area contributed by atoms with E-state index in [-0.39, 0.29) is 11.9 Å². The molecule has 2 aliphatic heterocycles. The van der Waals surface area contributed by atoms with Crippen LogP contribution in [-0.4, -0.2) is 29.0 Å². The van der Waals surface area contributed by atoms with Gasteiger partial charge in [-0.15, -0.1) is 0 Å². The van der Waals surface area contributed by atoms with E-state index in [0.29, 0.717) is 25.3 Å². The molecule has 2 aromatic rings. The minimum absolute atomic E-state index is 0.0349. The number of hydrogen-bond acceptors (Lipinski definition) is 4. The molecule has 1 amide bonds. The van der Waals surface area contributed by atoms with Crippen molar-refractivity contribution in [2.75, 3.05) is 13.2 Å². The molecule has 2 aliphatic rings. The lowest BCUT2D eigenvalue weighted by Crippen LogP contribution is -2.27. The molecule has 118 valence electrons. The lowest BCUT2D eigenvalue weighted by atomic mass is 10.1. The molecule has 1 aromatic carbocycles. The van der Waals surface area contributed by atoms with E-state index in [1.807, 2.05) is 36.1 Å². The zero-order valence-corrected chi connectivity index (χ0v) is 13.0. The van der Waals surface area contributed by atoms with E-state index in [1.165, 1.54) is 0 Å². The first-order valence-electron chi connectivity index (χ1n) is 7.88. The highest BCUT2D eigenvalue weighted by molar-refractivity contribution is 5.98. The molecule has 1 atom stereocenters. The predicted octanol–water partition coefficient (Wildman–Crippen LogP) is 2.96. The van der Waals surface area contributed by atoms with Crippen LogP contribution in [0.2, 0.25) is 0 Å². The number of aromatic nitrogens is 1. The van der Waals surface area contributed by atoms with E-state index in [1.54, 1.807) is 12.3 Å². The van der Waals surface area contributed by atoms with Gasteiger partial charge in [0.05, 0.1) is 37.1 Å². The topological polar surface area (TPSA) is 51.7 Å². The lowest BCUT2D eigenvalue weighted by molar-refractivity contribution is 0.0715. The number of ether oxygens (including phenoxy) is 2. The molecule has 5 heteroatoms. The number of pyridine rings is 1. The van der Waals surface area contributed by atoms with E-state index in [2.05, 4.69) is 4.98 Å². The third-order valence-electron chi connectivity index (χ3n) is 4.42. The number of fused-ring (bicyclic) bond motifs is 2. The van der Waals surface area contributed by atoms with Crippen LogP contribution in [0.5, 0.6) is 11.5 Å². The third kappa shape index (κ3) is 2.42. The number of rotatable bonds is 2. The Morgan fingerprint density at radius 3 is 2.83 bits per heavy atom. The van der Waals surface area contributed by atoms with Crippen LogP contribution in [0, 0.1) is 0 Å². The summed E-state index contributed by atoms with van der Waals surface area (Å²) in [5, 5.41) is 0. The van der Waals surface area contributed by atoms with Crippen molar-refractivity contribution in [2.45, 2.75) is 25.9 Å². The molecule has 0 fully saturated rings. The molecule has 1 aromatic heterocycles. The van der Waals surface area contributed by atoms with Crippen LogP contribution in [0.4, 0.5) is 0 Å². The van der Waals surface area contributed by atoms with E-state index < -0.39 is 0 Å². The Morgan fingerprint density at radius 1 is 1.17 bits per heavy atom. The standard InChI is InChI=1S/C18H18N2O3/c1-12(20-11-15-14(18(20)21)4-2-7-19-15)13-5-6-16-17(10-13)23-9-3-8-22-16/h2,4-7,10,12H,3,8-9,11H2,1H3/t12-/m0/s1. The third-order valence-corrected chi connectivity index (χ3v) is 4.42. The first kappa shape index (κ1) is 14.1. The van der Waals surface area contributed by atoms with Crippen molar-refractivity contribution in [1.29, 1.82) is 0 Å². The molecule has 4 rings (SSSR count). The minimum atomic E-state index is -0.0474. The lowest BCUT2D eigenvalue weighted by Gasteiger charge is -2.25. The number of carbonyl (C=O) groups is 1. The van der Waals surface area contributed by atoms with E-state index in [9.17, 15) is 4.79 Å². The van der Waals surface area contributed by atoms with Gasteiger partial charge >= 0.3 is 0 Å². The maximum absolute atomic E-state index is 12.6. The largest absolute Gasteiger partial charge is 0.490 e. The van der Waals surface area contributed by atoms with E-state index >= 15 is 0 Å². The minimum Gasteiger partial charge on any atom is -0.490 e. The Bertz CT molecular complexity index is 760. The summed E-state index contributed by atoms with van der Waals surface area (Å²) in [4.78, 5) is 18.7. The first-order valence-corrected chi connectivity index (χ1v) is 7.88. The van der Waals surface area contributed by atoms with Gasteiger partial charge < -0.3 is 14.4 Å². The Kier molecular flexibility index (Phi) is 3.41. The monoisotopic (exact) mass is 310 g/mol. The second-order valence-corrected chi connectivity index (χ2v) is 5.86. The van der Waals surface area contributed by atoms with Crippen molar-refractivity contribution in [2.24, 2.45) is 0 Å². The van der Waals surface area contributed by atoms with Crippen LogP contribution in [0.1, 0.15) is 41.0 Å². The van der Waals surface area contributed by atoms with E-state index in [4.69, 9.17) is 9.47 Å². The zero-order valence-electron chi connectivity index (χ0n) is 13.0. The normalized spacial score (nSPS) is 17.6. The fraction of sp³-hybridized carbons (Fsp3) is 0.333. The molecule has 5 nitrogen and oxygen atoms in total. The molecule has 0 saturated carbocycles. The second-order valence-electron chi connectivity index (χ2n) is 5.86. The molecule has 0 spiro atoms. The highest BCUT2D eigenvalue weighted by atomic mass is 16.5. The van der Waals surface area contributed by atoms with Crippen molar-refractivity contribution in [3.63, 3.8) is 0 Å². The van der Waals surface area contributed by atoms with Crippen LogP contribution in [-0.2, 0) is 6.54 Å². The summed E-state index contributed by atoms with van der Waals surface area (Å²) in [6.07, 6.45) is 2.61. The van der Waals surface area contributed by atoms with Gasteiger partial charge in [0.25, 0.3) is 5.91 Å². The van der Waals surface area contributed by atoms with Gasteiger partial charge in [-0.1, -0.05) is 6.07 Å². The average Bonchev–Trinajstić information content (AvgIpc) is 2.77. The van der Waals surface area contributed by atoms with Gasteiger partial charge in [-0.2, -0.15) is 0 Å². The molecule has 0 N–H and O–H groups in total. The number of amides is 1. The summed E-state index contributed by atoms with van der Waals surface area (Å²) < 4.78 is 11.4. The fourth-order valence-electron chi connectivity index (χ4n) is 3.08. The highest BCUT2D eigenvalue weighted by Gasteiger charge is 2.32. The van der Waals surface area contributed by atoms with E-state index in [0.717, 1.165) is 29.2 Å². The van der Waals surface area contributed by atoms with Gasteiger partial charge in [-0.3, -0.25) is 9.78 Å². The van der Waals surface area contributed by atoms with Crippen LogP contribution in [0.25, 0.3) is 0 Å². The highest BCUT2D eigenvalue weighted by Crippen LogP contribution is 2.36. The second kappa shape index (κ2) is 5.57. The number of benzene rings is 1.